The van der Waals surface area contributed by atoms with Crippen LogP contribution in [-0.4, -0.2) is 35.5 Å². The molecule has 1 aliphatic heterocycles. The summed E-state index contributed by atoms with van der Waals surface area (Å²) < 4.78 is 0. The Morgan fingerprint density at radius 2 is 2.29 bits per heavy atom. The van der Waals surface area contributed by atoms with Gasteiger partial charge in [-0.05, 0) is 18.8 Å². The molecule has 0 aromatic rings. The number of carboxylic acids is 1. The van der Waals surface area contributed by atoms with E-state index < -0.39 is 12.0 Å². The number of rotatable bonds is 6. The SMILES string of the molecule is CC(CCC(=O)O)CNC(=O)[C@H]1CCC(=O)N1. The molecule has 0 saturated carbocycles. The molecular formula is C11H18N2O4. The highest BCUT2D eigenvalue weighted by Gasteiger charge is 2.26. The van der Waals surface area contributed by atoms with Crippen LogP contribution in [0.1, 0.15) is 32.6 Å². The van der Waals surface area contributed by atoms with Gasteiger partial charge in [0.05, 0.1) is 0 Å². The van der Waals surface area contributed by atoms with Crippen molar-refractivity contribution < 1.29 is 19.5 Å². The van der Waals surface area contributed by atoms with Gasteiger partial charge in [-0.1, -0.05) is 6.92 Å². The Balaban J connectivity index is 2.19. The van der Waals surface area contributed by atoms with Gasteiger partial charge in [-0.25, -0.2) is 0 Å². The highest BCUT2D eigenvalue weighted by molar-refractivity contribution is 5.90. The molecule has 96 valence electrons. The lowest BCUT2D eigenvalue weighted by atomic mass is 10.1. The zero-order valence-corrected chi connectivity index (χ0v) is 9.86. The molecule has 17 heavy (non-hydrogen) atoms. The second-order valence-electron chi connectivity index (χ2n) is 4.44. The van der Waals surface area contributed by atoms with Gasteiger partial charge in [-0.2, -0.15) is 0 Å². The number of carbonyl (C=O) groups is 3. The van der Waals surface area contributed by atoms with E-state index in [4.69, 9.17) is 5.11 Å². The first-order valence-corrected chi connectivity index (χ1v) is 5.78. The maximum atomic E-state index is 11.6. The maximum absolute atomic E-state index is 11.6. The van der Waals surface area contributed by atoms with Gasteiger partial charge in [0.2, 0.25) is 11.8 Å². The van der Waals surface area contributed by atoms with Crippen molar-refractivity contribution in [3.63, 3.8) is 0 Å². The molecule has 0 aromatic carbocycles. The van der Waals surface area contributed by atoms with Crippen LogP contribution >= 0.6 is 0 Å². The first-order chi connectivity index (χ1) is 7.99. The minimum atomic E-state index is -0.828. The molecule has 3 N–H and O–H groups in total. The molecule has 2 atom stereocenters. The summed E-state index contributed by atoms with van der Waals surface area (Å²) in [6.07, 6.45) is 1.57. The average Bonchev–Trinajstić information content (AvgIpc) is 2.70. The number of aliphatic carboxylic acids is 1. The van der Waals surface area contributed by atoms with Gasteiger partial charge >= 0.3 is 5.97 Å². The second-order valence-corrected chi connectivity index (χ2v) is 4.44. The van der Waals surface area contributed by atoms with Crippen molar-refractivity contribution in [3.8, 4) is 0 Å². The minimum Gasteiger partial charge on any atom is -0.481 e. The van der Waals surface area contributed by atoms with E-state index in [0.29, 0.717) is 25.8 Å². The molecule has 0 aromatic heterocycles. The zero-order chi connectivity index (χ0) is 12.8. The van der Waals surface area contributed by atoms with Crippen molar-refractivity contribution in [2.24, 2.45) is 5.92 Å². The fraction of sp³-hybridized carbons (Fsp3) is 0.727. The predicted octanol–water partition coefficient (Wildman–Crippen LogP) is -0.118. The van der Waals surface area contributed by atoms with E-state index in [1.54, 1.807) is 0 Å². The molecule has 0 spiro atoms. The monoisotopic (exact) mass is 242 g/mol. The Kier molecular flexibility index (Phi) is 4.93. The molecule has 2 amide bonds. The summed E-state index contributed by atoms with van der Waals surface area (Å²) in [4.78, 5) is 32.9. The van der Waals surface area contributed by atoms with Crippen LogP contribution in [0.15, 0.2) is 0 Å². The molecule has 6 heteroatoms. The molecule has 1 fully saturated rings. The van der Waals surface area contributed by atoms with Crippen molar-refractivity contribution in [3.05, 3.63) is 0 Å². The van der Waals surface area contributed by atoms with E-state index in [-0.39, 0.29) is 24.2 Å². The maximum Gasteiger partial charge on any atom is 0.303 e. The molecule has 1 heterocycles. The Bertz CT molecular complexity index is 317. The number of amides is 2. The fourth-order valence-corrected chi connectivity index (χ4v) is 1.68. The van der Waals surface area contributed by atoms with Crippen LogP contribution in [0.2, 0.25) is 0 Å². The second kappa shape index (κ2) is 6.22. The fourth-order valence-electron chi connectivity index (χ4n) is 1.68. The van der Waals surface area contributed by atoms with Crippen molar-refractivity contribution >= 4 is 17.8 Å². The summed E-state index contributed by atoms with van der Waals surface area (Å²) in [5, 5.41) is 13.8. The van der Waals surface area contributed by atoms with Crippen molar-refractivity contribution in [1.82, 2.24) is 10.6 Å². The smallest absolute Gasteiger partial charge is 0.303 e. The number of carboxylic acid groups (broad SMARTS) is 1. The van der Waals surface area contributed by atoms with Crippen LogP contribution < -0.4 is 10.6 Å². The van der Waals surface area contributed by atoms with Gasteiger partial charge in [0.25, 0.3) is 0 Å². The molecule has 6 nitrogen and oxygen atoms in total. The summed E-state index contributed by atoms with van der Waals surface area (Å²) in [6, 6.07) is -0.422. The third-order valence-corrected chi connectivity index (χ3v) is 2.79. The van der Waals surface area contributed by atoms with E-state index in [2.05, 4.69) is 10.6 Å². The third kappa shape index (κ3) is 4.84. The van der Waals surface area contributed by atoms with Crippen LogP contribution in [0, 0.1) is 5.92 Å². The quantitative estimate of drug-likeness (QED) is 0.605. The number of nitrogens with one attached hydrogen (secondary N) is 2. The highest BCUT2D eigenvalue weighted by atomic mass is 16.4. The topological polar surface area (TPSA) is 95.5 Å². The number of hydrogen-bond acceptors (Lipinski definition) is 3. The summed E-state index contributed by atoms with van der Waals surface area (Å²) >= 11 is 0. The van der Waals surface area contributed by atoms with E-state index in [1.807, 2.05) is 6.92 Å². The minimum absolute atomic E-state index is 0.0934. The molecule has 0 radical (unpaired) electrons. The van der Waals surface area contributed by atoms with E-state index in [9.17, 15) is 14.4 Å². The first-order valence-electron chi connectivity index (χ1n) is 5.78. The van der Waals surface area contributed by atoms with E-state index in [1.165, 1.54) is 0 Å². The highest BCUT2D eigenvalue weighted by Crippen LogP contribution is 2.07. The van der Waals surface area contributed by atoms with Gasteiger partial charge in [0.15, 0.2) is 0 Å². The predicted molar refractivity (Wildman–Crippen MR) is 60.2 cm³/mol. The molecule has 0 aliphatic carbocycles. The Hall–Kier alpha value is -1.59. The average molecular weight is 242 g/mol. The van der Waals surface area contributed by atoms with Crippen LogP contribution in [-0.2, 0) is 14.4 Å². The lowest BCUT2D eigenvalue weighted by Crippen LogP contribution is -2.43. The first kappa shape index (κ1) is 13.5. The number of carbonyl (C=O) groups excluding carboxylic acids is 2. The lowest BCUT2D eigenvalue weighted by molar-refractivity contribution is -0.137. The molecule has 1 unspecified atom stereocenters. The zero-order valence-electron chi connectivity index (χ0n) is 9.86. The molecule has 1 saturated heterocycles. The molecule has 0 bridgehead atoms. The van der Waals surface area contributed by atoms with Crippen LogP contribution in [0.3, 0.4) is 0 Å². The van der Waals surface area contributed by atoms with E-state index in [0.717, 1.165) is 0 Å². The van der Waals surface area contributed by atoms with Gasteiger partial charge in [0, 0.05) is 19.4 Å². The van der Waals surface area contributed by atoms with Gasteiger partial charge in [-0.15, -0.1) is 0 Å². The van der Waals surface area contributed by atoms with Crippen LogP contribution in [0.25, 0.3) is 0 Å². The van der Waals surface area contributed by atoms with Gasteiger partial charge in [-0.3, -0.25) is 14.4 Å². The van der Waals surface area contributed by atoms with E-state index >= 15 is 0 Å². The Morgan fingerprint density at radius 1 is 1.59 bits per heavy atom. The van der Waals surface area contributed by atoms with Crippen molar-refractivity contribution in [2.75, 3.05) is 6.54 Å². The number of hydrogen-bond donors (Lipinski definition) is 3. The Labute approximate surface area is 99.8 Å². The summed E-state index contributed by atoms with van der Waals surface area (Å²) in [5.41, 5.74) is 0. The van der Waals surface area contributed by atoms with Gasteiger partial charge in [0.1, 0.15) is 6.04 Å². The molecular weight excluding hydrogens is 224 g/mol. The van der Waals surface area contributed by atoms with Crippen molar-refractivity contribution in [1.29, 1.82) is 0 Å². The normalized spacial score (nSPS) is 20.8. The van der Waals surface area contributed by atoms with Crippen LogP contribution in [0.4, 0.5) is 0 Å². The summed E-state index contributed by atoms with van der Waals surface area (Å²) in [6.45, 7) is 2.33. The standard InChI is InChI=1S/C11H18N2O4/c1-7(2-5-10(15)16)6-12-11(17)8-3-4-9(14)13-8/h7-8H,2-6H2,1H3,(H,12,17)(H,13,14)(H,15,16)/t7?,8-/m1/s1. The molecule has 1 aliphatic rings. The molecule has 1 rings (SSSR count). The lowest BCUT2D eigenvalue weighted by Gasteiger charge is -2.14. The van der Waals surface area contributed by atoms with Crippen molar-refractivity contribution in [2.45, 2.75) is 38.6 Å². The van der Waals surface area contributed by atoms with Crippen LogP contribution in [0.5, 0.6) is 0 Å². The summed E-state index contributed by atoms with van der Waals surface area (Å²) in [7, 11) is 0. The third-order valence-electron chi connectivity index (χ3n) is 2.79. The summed E-state index contributed by atoms with van der Waals surface area (Å²) in [5.74, 6) is -0.986. The van der Waals surface area contributed by atoms with Gasteiger partial charge < -0.3 is 15.7 Å². The Morgan fingerprint density at radius 3 is 2.82 bits per heavy atom. The largest absolute Gasteiger partial charge is 0.481 e.